The normalized spacial score (nSPS) is 9.71. The minimum atomic E-state index is -0.405. The minimum absolute atomic E-state index is 0.0921. The molecule has 0 bridgehead atoms. The van der Waals surface area contributed by atoms with Gasteiger partial charge in [-0.25, -0.2) is 0 Å². The number of nitro groups is 1. The monoisotopic (exact) mass is 345 g/mol. The second-order valence-electron chi connectivity index (χ2n) is 3.38. The zero-order chi connectivity index (χ0) is 12.8. The van der Waals surface area contributed by atoms with Crippen LogP contribution in [-0.4, -0.2) is 18.0 Å². The van der Waals surface area contributed by atoms with Crippen molar-refractivity contribution < 1.29 is 4.92 Å². The van der Waals surface area contributed by atoms with E-state index in [1.807, 2.05) is 11.8 Å². The first kappa shape index (κ1) is 13.7. The average Bonchev–Trinajstić information content (AvgIpc) is 2.31. The van der Waals surface area contributed by atoms with Gasteiger partial charge in [-0.2, -0.15) is 5.26 Å². The summed E-state index contributed by atoms with van der Waals surface area (Å²) in [5, 5.41) is 19.2. The molecule has 0 fully saturated rings. The number of halogens is 1. The van der Waals surface area contributed by atoms with Crippen molar-refractivity contribution in [1.29, 1.82) is 5.26 Å². The van der Waals surface area contributed by atoms with E-state index < -0.39 is 4.92 Å². The molecule has 17 heavy (non-hydrogen) atoms. The molecule has 0 radical (unpaired) electrons. The van der Waals surface area contributed by atoms with Crippen LogP contribution < -0.4 is 4.90 Å². The SMILES string of the molecule is CCN(CCC#N)c1ccc([N+](=O)[O-])cc1I. The Kier molecular flexibility index (Phi) is 5.15. The summed E-state index contributed by atoms with van der Waals surface area (Å²) in [6, 6.07) is 6.88. The van der Waals surface area contributed by atoms with Gasteiger partial charge in [0.15, 0.2) is 0 Å². The second kappa shape index (κ2) is 6.39. The molecule has 0 N–H and O–H groups in total. The topological polar surface area (TPSA) is 70.2 Å². The first-order valence-electron chi connectivity index (χ1n) is 5.16. The lowest BCUT2D eigenvalue weighted by atomic mass is 10.2. The number of nitro benzene ring substituents is 1. The first-order chi connectivity index (χ1) is 8.10. The molecule has 5 nitrogen and oxygen atoms in total. The fourth-order valence-corrected chi connectivity index (χ4v) is 2.34. The highest BCUT2D eigenvalue weighted by molar-refractivity contribution is 14.1. The van der Waals surface area contributed by atoms with E-state index in [-0.39, 0.29) is 5.69 Å². The molecule has 0 aliphatic heterocycles. The summed E-state index contributed by atoms with van der Waals surface area (Å²) in [5.74, 6) is 0. The fraction of sp³-hybridized carbons (Fsp3) is 0.364. The second-order valence-corrected chi connectivity index (χ2v) is 4.54. The largest absolute Gasteiger partial charge is 0.370 e. The van der Waals surface area contributed by atoms with Crippen LogP contribution in [0.5, 0.6) is 0 Å². The van der Waals surface area contributed by atoms with Crippen LogP contribution >= 0.6 is 22.6 Å². The molecule has 0 saturated carbocycles. The maximum Gasteiger partial charge on any atom is 0.270 e. The molecule has 90 valence electrons. The van der Waals surface area contributed by atoms with Gasteiger partial charge in [-0.15, -0.1) is 0 Å². The summed E-state index contributed by atoms with van der Waals surface area (Å²) in [4.78, 5) is 12.3. The van der Waals surface area contributed by atoms with Gasteiger partial charge in [-0.05, 0) is 35.6 Å². The van der Waals surface area contributed by atoms with Crippen LogP contribution in [0, 0.1) is 25.0 Å². The van der Waals surface area contributed by atoms with E-state index in [4.69, 9.17) is 5.26 Å². The fourth-order valence-electron chi connectivity index (χ4n) is 1.50. The Morgan fingerprint density at radius 1 is 1.59 bits per heavy atom. The molecule has 0 amide bonds. The van der Waals surface area contributed by atoms with E-state index >= 15 is 0 Å². The average molecular weight is 345 g/mol. The number of hydrogen-bond acceptors (Lipinski definition) is 4. The van der Waals surface area contributed by atoms with Crippen molar-refractivity contribution in [3.05, 3.63) is 31.9 Å². The van der Waals surface area contributed by atoms with Crippen molar-refractivity contribution in [2.75, 3.05) is 18.0 Å². The molecule has 0 aromatic heterocycles. The molecule has 0 spiro atoms. The van der Waals surface area contributed by atoms with E-state index in [0.717, 1.165) is 15.8 Å². The quantitative estimate of drug-likeness (QED) is 0.467. The Hall–Kier alpha value is -1.36. The van der Waals surface area contributed by atoms with Gasteiger partial charge < -0.3 is 4.90 Å². The minimum Gasteiger partial charge on any atom is -0.370 e. The Morgan fingerprint density at radius 2 is 2.29 bits per heavy atom. The van der Waals surface area contributed by atoms with Crippen LogP contribution in [0.25, 0.3) is 0 Å². The smallest absolute Gasteiger partial charge is 0.270 e. The van der Waals surface area contributed by atoms with Gasteiger partial charge in [-0.1, -0.05) is 0 Å². The van der Waals surface area contributed by atoms with Crippen molar-refractivity contribution in [2.24, 2.45) is 0 Å². The molecule has 0 unspecified atom stereocenters. The molecule has 6 heteroatoms. The number of rotatable bonds is 5. The molecule has 1 aromatic rings. The highest BCUT2D eigenvalue weighted by Crippen LogP contribution is 2.26. The molecule has 0 aliphatic carbocycles. The van der Waals surface area contributed by atoms with Gasteiger partial charge in [-0.3, -0.25) is 10.1 Å². The third-order valence-electron chi connectivity index (χ3n) is 2.36. The van der Waals surface area contributed by atoms with Gasteiger partial charge in [0, 0.05) is 28.8 Å². The van der Waals surface area contributed by atoms with E-state index in [0.29, 0.717) is 13.0 Å². The summed E-state index contributed by atoms with van der Waals surface area (Å²) >= 11 is 2.08. The van der Waals surface area contributed by atoms with Crippen molar-refractivity contribution in [3.8, 4) is 6.07 Å². The Morgan fingerprint density at radius 3 is 2.76 bits per heavy atom. The number of anilines is 1. The van der Waals surface area contributed by atoms with E-state index in [1.54, 1.807) is 12.1 Å². The Balaban J connectivity index is 2.97. The van der Waals surface area contributed by atoms with E-state index in [1.165, 1.54) is 6.07 Å². The van der Waals surface area contributed by atoms with Crippen molar-refractivity contribution in [2.45, 2.75) is 13.3 Å². The van der Waals surface area contributed by atoms with Gasteiger partial charge in [0.2, 0.25) is 0 Å². The molecule has 0 aliphatic rings. The third-order valence-corrected chi connectivity index (χ3v) is 3.22. The summed E-state index contributed by atoms with van der Waals surface area (Å²) in [5.41, 5.74) is 1.03. The van der Waals surface area contributed by atoms with E-state index in [2.05, 4.69) is 28.7 Å². The van der Waals surface area contributed by atoms with Crippen molar-refractivity contribution in [1.82, 2.24) is 0 Å². The lowest BCUT2D eigenvalue weighted by molar-refractivity contribution is -0.384. The maximum atomic E-state index is 10.6. The Bertz CT molecular complexity index is 457. The molecule has 1 aromatic carbocycles. The first-order valence-corrected chi connectivity index (χ1v) is 6.23. The van der Waals surface area contributed by atoms with E-state index in [9.17, 15) is 10.1 Å². The standard InChI is InChI=1S/C11H12IN3O2/c1-2-14(7-3-6-13)11-5-4-9(15(16)17)8-10(11)12/h4-5,8H,2-3,7H2,1H3. The third kappa shape index (κ3) is 3.56. The van der Waals surface area contributed by atoms with Crippen LogP contribution in [0.15, 0.2) is 18.2 Å². The zero-order valence-electron chi connectivity index (χ0n) is 9.39. The summed E-state index contributed by atoms with van der Waals surface area (Å²) in [6.45, 7) is 3.41. The van der Waals surface area contributed by atoms with Gasteiger partial charge in [0.25, 0.3) is 5.69 Å². The van der Waals surface area contributed by atoms with Gasteiger partial charge >= 0.3 is 0 Å². The lowest BCUT2D eigenvalue weighted by Gasteiger charge is -2.22. The summed E-state index contributed by atoms with van der Waals surface area (Å²) in [6.07, 6.45) is 0.445. The van der Waals surface area contributed by atoms with Crippen molar-refractivity contribution >= 4 is 34.0 Å². The highest BCUT2D eigenvalue weighted by Gasteiger charge is 2.12. The molecular weight excluding hydrogens is 333 g/mol. The van der Waals surface area contributed by atoms with Crippen LogP contribution in [-0.2, 0) is 0 Å². The molecule has 0 atom stereocenters. The summed E-state index contributed by atoms with van der Waals surface area (Å²) in [7, 11) is 0. The number of benzene rings is 1. The number of hydrogen-bond donors (Lipinski definition) is 0. The molecule has 1 rings (SSSR count). The number of nitrogens with zero attached hydrogens (tertiary/aromatic N) is 3. The van der Waals surface area contributed by atoms with Crippen LogP contribution in [0.1, 0.15) is 13.3 Å². The summed E-state index contributed by atoms with van der Waals surface area (Å²) < 4.78 is 0.830. The number of non-ortho nitro benzene ring substituents is 1. The number of nitriles is 1. The molecular formula is C11H12IN3O2. The lowest BCUT2D eigenvalue weighted by Crippen LogP contribution is -2.24. The molecule has 0 saturated heterocycles. The van der Waals surface area contributed by atoms with Crippen LogP contribution in [0.4, 0.5) is 11.4 Å². The highest BCUT2D eigenvalue weighted by atomic mass is 127. The van der Waals surface area contributed by atoms with Gasteiger partial charge in [0.05, 0.1) is 23.1 Å². The van der Waals surface area contributed by atoms with Gasteiger partial charge in [0.1, 0.15) is 0 Å². The van der Waals surface area contributed by atoms with Crippen LogP contribution in [0.2, 0.25) is 0 Å². The van der Waals surface area contributed by atoms with Crippen molar-refractivity contribution in [3.63, 3.8) is 0 Å². The van der Waals surface area contributed by atoms with Crippen LogP contribution in [0.3, 0.4) is 0 Å². The Labute approximate surface area is 113 Å². The predicted molar refractivity (Wildman–Crippen MR) is 73.9 cm³/mol. The zero-order valence-corrected chi connectivity index (χ0v) is 11.5. The maximum absolute atomic E-state index is 10.6. The molecule has 0 heterocycles. The predicted octanol–water partition coefficient (Wildman–Crippen LogP) is 2.94.